The predicted octanol–water partition coefficient (Wildman–Crippen LogP) is 2.99. The van der Waals surface area contributed by atoms with E-state index in [4.69, 9.17) is 9.73 Å². The zero-order valence-electron chi connectivity index (χ0n) is 18.1. The lowest BCUT2D eigenvalue weighted by atomic mass is 9.77. The van der Waals surface area contributed by atoms with Crippen molar-refractivity contribution in [1.82, 2.24) is 15.1 Å². The third kappa shape index (κ3) is 3.99. The van der Waals surface area contributed by atoms with Crippen molar-refractivity contribution < 1.29 is 9.53 Å². The van der Waals surface area contributed by atoms with Gasteiger partial charge in [0.05, 0.1) is 6.34 Å². The van der Waals surface area contributed by atoms with Gasteiger partial charge in [-0.25, -0.2) is 9.98 Å². The quantitative estimate of drug-likeness (QED) is 0.538. The molecule has 1 aromatic rings. The van der Waals surface area contributed by atoms with E-state index in [1.807, 2.05) is 55.9 Å². The number of nitrogens with zero attached hydrogens (tertiary/aromatic N) is 4. The number of fused-ring (bicyclic) bond motifs is 2. The van der Waals surface area contributed by atoms with Crippen LogP contribution in [-0.4, -0.2) is 67.3 Å². The first-order chi connectivity index (χ1) is 14.2. The minimum Gasteiger partial charge on any atom is -0.487 e. The predicted molar refractivity (Wildman–Crippen MR) is 122 cm³/mol. The highest BCUT2D eigenvalue weighted by Gasteiger charge is 2.56. The van der Waals surface area contributed by atoms with Gasteiger partial charge in [-0.2, -0.15) is 0 Å². The van der Waals surface area contributed by atoms with Crippen LogP contribution in [0.3, 0.4) is 0 Å². The Morgan fingerprint density at radius 2 is 2.10 bits per heavy atom. The van der Waals surface area contributed by atoms with Crippen molar-refractivity contribution in [3.63, 3.8) is 0 Å². The van der Waals surface area contributed by atoms with Crippen molar-refractivity contribution in [2.75, 3.05) is 33.7 Å². The van der Waals surface area contributed by atoms with E-state index in [9.17, 15) is 4.79 Å². The number of hydrogen-bond donors (Lipinski definition) is 1. The normalized spacial score (nSPS) is 26.1. The average Bonchev–Trinajstić information content (AvgIpc) is 2.93. The molecule has 30 heavy (non-hydrogen) atoms. The second-order valence-corrected chi connectivity index (χ2v) is 10.2. The SMILES string of the molecule is CN(C)/C=N/C1=NC2(CC(C)(C)Oc3ccc(Br)cc32)C(=O)N1CC1CCNCC1. The summed E-state index contributed by atoms with van der Waals surface area (Å²) in [5.74, 6) is 1.66. The van der Waals surface area contributed by atoms with Gasteiger partial charge in [0.25, 0.3) is 5.91 Å². The number of aliphatic imine (C=N–C) groups is 2. The molecular formula is C22H30BrN5O2. The molecule has 1 N–H and O–H groups in total. The Morgan fingerprint density at radius 1 is 1.37 bits per heavy atom. The third-order valence-corrected chi connectivity index (χ3v) is 6.38. The second kappa shape index (κ2) is 7.96. The molecule has 3 aliphatic heterocycles. The second-order valence-electron chi connectivity index (χ2n) is 9.27. The first-order valence-electron chi connectivity index (χ1n) is 10.5. The molecule has 1 atom stereocenters. The van der Waals surface area contributed by atoms with E-state index in [2.05, 4.69) is 26.2 Å². The summed E-state index contributed by atoms with van der Waals surface area (Å²) in [7, 11) is 3.83. The minimum atomic E-state index is -1.01. The van der Waals surface area contributed by atoms with Crippen LogP contribution in [0.15, 0.2) is 32.7 Å². The van der Waals surface area contributed by atoms with E-state index in [1.54, 1.807) is 6.34 Å². The summed E-state index contributed by atoms with van der Waals surface area (Å²) in [4.78, 5) is 27.3. The molecule has 3 aliphatic rings. The van der Waals surface area contributed by atoms with Gasteiger partial charge in [0.15, 0.2) is 5.54 Å². The van der Waals surface area contributed by atoms with Crippen molar-refractivity contribution in [3.05, 3.63) is 28.2 Å². The minimum absolute atomic E-state index is 0.00247. The average molecular weight is 476 g/mol. The topological polar surface area (TPSA) is 69.5 Å². The van der Waals surface area contributed by atoms with Crippen molar-refractivity contribution >= 4 is 34.1 Å². The van der Waals surface area contributed by atoms with E-state index < -0.39 is 11.1 Å². The van der Waals surface area contributed by atoms with Gasteiger partial charge >= 0.3 is 0 Å². The van der Waals surface area contributed by atoms with Gasteiger partial charge in [0.2, 0.25) is 5.96 Å². The number of nitrogens with one attached hydrogen (secondary N) is 1. The first kappa shape index (κ1) is 21.3. The first-order valence-corrected chi connectivity index (χ1v) is 11.3. The fourth-order valence-electron chi connectivity index (χ4n) is 4.60. The molecule has 1 fully saturated rings. The number of amides is 1. The zero-order chi connectivity index (χ0) is 21.5. The molecule has 0 radical (unpaired) electrons. The smallest absolute Gasteiger partial charge is 0.262 e. The monoisotopic (exact) mass is 475 g/mol. The lowest BCUT2D eigenvalue weighted by Gasteiger charge is -2.41. The molecule has 1 aromatic carbocycles. The van der Waals surface area contributed by atoms with E-state index in [1.165, 1.54) is 0 Å². The van der Waals surface area contributed by atoms with Crippen molar-refractivity contribution in [2.24, 2.45) is 15.9 Å². The number of carbonyl (C=O) groups is 1. The maximum absolute atomic E-state index is 14.0. The van der Waals surface area contributed by atoms with Crippen LogP contribution in [0.5, 0.6) is 5.75 Å². The van der Waals surface area contributed by atoms with Gasteiger partial charge < -0.3 is 15.0 Å². The van der Waals surface area contributed by atoms with Crippen LogP contribution in [0, 0.1) is 5.92 Å². The summed E-state index contributed by atoms with van der Waals surface area (Å²) in [5, 5.41) is 3.40. The molecule has 1 unspecified atom stereocenters. The van der Waals surface area contributed by atoms with Gasteiger partial charge in [0, 0.05) is 37.1 Å². The number of carbonyl (C=O) groups excluding carboxylic acids is 1. The van der Waals surface area contributed by atoms with Crippen LogP contribution in [-0.2, 0) is 10.3 Å². The van der Waals surface area contributed by atoms with Crippen molar-refractivity contribution in [3.8, 4) is 5.75 Å². The fraction of sp³-hybridized carbons (Fsp3) is 0.591. The Hall–Kier alpha value is -1.93. The maximum Gasteiger partial charge on any atom is 0.262 e. The van der Waals surface area contributed by atoms with Crippen LogP contribution >= 0.6 is 15.9 Å². The lowest BCUT2D eigenvalue weighted by molar-refractivity contribution is -0.135. The maximum atomic E-state index is 14.0. The molecule has 1 amide bonds. The number of rotatable bonds is 3. The fourth-order valence-corrected chi connectivity index (χ4v) is 4.96. The Bertz CT molecular complexity index is 892. The number of halogens is 1. The third-order valence-electron chi connectivity index (χ3n) is 5.89. The standard InChI is InChI=1S/C22H30BrN5O2/c1-21(2)13-22(17-11-16(23)5-6-18(17)30-21)19(29)28(12-15-7-9-24-10-8-15)20(26-22)25-14-27(3)4/h5-6,11,14-15,24H,7-10,12-13H2,1-4H3/b25-14+. The largest absolute Gasteiger partial charge is 0.487 e. The van der Waals surface area contributed by atoms with Gasteiger partial charge in [-0.3, -0.25) is 9.69 Å². The molecule has 7 nitrogen and oxygen atoms in total. The summed E-state index contributed by atoms with van der Waals surface area (Å²) in [6, 6.07) is 5.82. The molecule has 1 spiro atoms. The van der Waals surface area contributed by atoms with Crippen LogP contribution in [0.1, 0.15) is 38.7 Å². The molecule has 3 heterocycles. The van der Waals surface area contributed by atoms with Crippen LogP contribution in [0.4, 0.5) is 0 Å². The Kier molecular flexibility index (Phi) is 5.66. The molecule has 0 aromatic heterocycles. The highest BCUT2D eigenvalue weighted by Crippen LogP contribution is 2.50. The van der Waals surface area contributed by atoms with Crippen molar-refractivity contribution in [1.29, 1.82) is 0 Å². The highest BCUT2D eigenvalue weighted by atomic mass is 79.9. The van der Waals surface area contributed by atoms with Crippen LogP contribution in [0.25, 0.3) is 0 Å². The molecule has 4 rings (SSSR count). The Balaban J connectivity index is 1.79. The highest BCUT2D eigenvalue weighted by molar-refractivity contribution is 9.10. The molecule has 8 heteroatoms. The summed E-state index contributed by atoms with van der Waals surface area (Å²) in [5.41, 5.74) is -0.708. The number of hydrogen-bond acceptors (Lipinski definition) is 5. The summed E-state index contributed by atoms with van der Waals surface area (Å²) in [6.07, 6.45) is 4.30. The van der Waals surface area contributed by atoms with Gasteiger partial charge in [-0.15, -0.1) is 0 Å². The number of ether oxygens (including phenoxy) is 1. The molecule has 0 bridgehead atoms. The van der Waals surface area contributed by atoms with Gasteiger partial charge in [-0.05, 0) is 63.9 Å². The van der Waals surface area contributed by atoms with E-state index in [0.717, 1.165) is 36.0 Å². The lowest BCUT2D eigenvalue weighted by Crippen LogP contribution is -2.50. The summed E-state index contributed by atoms with van der Waals surface area (Å²) >= 11 is 3.56. The van der Waals surface area contributed by atoms with E-state index >= 15 is 0 Å². The number of piperidine rings is 1. The van der Waals surface area contributed by atoms with Crippen LogP contribution < -0.4 is 10.1 Å². The Morgan fingerprint density at radius 3 is 2.80 bits per heavy atom. The van der Waals surface area contributed by atoms with Crippen molar-refractivity contribution in [2.45, 2.75) is 44.2 Å². The van der Waals surface area contributed by atoms with Gasteiger partial charge in [-0.1, -0.05) is 15.9 Å². The van der Waals surface area contributed by atoms with E-state index in [0.29, 0.717) is 30.6 Å². The molecular weight excluding hydrogens is 446 g/mol. The van der Waals surface area contributed by atoms with Crippen LogP contribution in [0.2, 0.25) is 0 Å². The molecule has 0 saturated carbocycles. The van der Waals surface area contributed by atoms with Gasteiger partial charge in [0.1, 0.15) is 11.4 Å². The molecule has 162 valence electrons. The summed E-state index contributed by atoms with van der Waals surface area (Å²) in [6.45, 7) is 6.65. The number of guanidine groups is 1. The van der Waals surface area contributed by atoms with E-state index in [-0.39, 0.29) is 5.91 Å². The number of benzene rings is 1. The molecule has 0 aliphatic carbocycles. The zero-order valence-corrected chi connectivity index (χ0v) is 19.7. The Labute approximate surface area is 186 Å². The summed E-state index contributed by atoms with van der Waals surface area (Å²) < 4.78 is 7.12. The molecule has 1 saturated heterocycles.